The van der Waals surface area contributed by atoms with Crippen LogP contribution in [0.15, 0.2) is 36.5 Å². The molecule has 3 aromatic rings. The van der Waals surface area contributed by atoms with Gasteiger partial charge in [0.2, 0.25) is 11.8 Å². The van der Waals surface area contributed by atoms with Gasteiger partial charge in [0.05, 0.1) is 36.6 Å². The molecule has 0 bridgehead atoms. The number of aryl methyl sites for hydroxylation is 1. The number of benzene rings is 1. The highest BCUT2D eigenvalue weighted by molar-refractivity contribution is 6.03. The molecule has 2 aromatic heterocycles. The fourth-order valence-electron chi connectivity index (χ4n) is 5.49. The maximum atomic E-state index is 15.0. The van der Waals surface area contributed by atoms with Gasteiger partial charge in [-0.1, -0.05) is 12.1 Å². The normalized spacial score (nSPS) is 20.3. The number of rotatable bonds is 5. The van der Waals surface area contributed by atoms with E-state index in [0.717, 1.165) is 6.07 Å². The fraction of sp³-hybridized carbons (Fsp3) is 0.407. The standard InChI is InChI=1S/C27H28F4N6O2/c1-15(18-6-5-7-20(22(18)28)27(29,30)31)33-24-19-13-37(17-8-10-32-21(12-17)39-4)25(38)26(9-11-36(3)14-26)23(19)34-16(2)35-24/h5-8,10,12,15H,9,11,13-14H2,1-4H3,(H,33,34,35)/t15-,26?/m1/s1. The summed E-state index contributed by atoms with van der Waals surface area (Å²) in [4.78, 5) is 31.2. The van der Waals surface area contributed by atoms with Crippen molar-refractivity contribution in [2.24, 2.45) is 0 Å². The third-order valence-corrected chi connectivity index (χ3v) is 7.40. The van der Waals surface area contributed by atoms with Crippen LogP contribution in [-0.4, -0.2) is 53.0 Å². The van der Waals surface area contributed by atoms with Crippen LogP contribution >= 0.6 is 0 Å². The van der Waals surface area contributed by atoms with Gasteiger partial charge in [0.15, 0.2) is 0 Å². The molecule has 1 saturated heterocycles. The van der Waals surface area contributed by atoms with Crippen LogP contribution in [-0.2, 0) is 22.9 Å². The van der Waals surface area contributed by atoms with Crippen LogP contribution < -0.4 is 15.0 Å². The molecule has 0 aliphatic carbocycles. The molecule has 0 radical (unpaired) electrons. The molecule has 4 heterocycles. The van der Waals surface area contributed by atoms with Crippen LogP contribution in [0.3, 0.4) is 0 Å². The van der Waals surface area contributed by atoms with E-state index in [2.05, 4.69) is 20.2 Å². The minimum absolute atomic E-state index is 0.104. The molecule has 206 valence electrons. The maximum absolute atomic E-state index is 15.0. The number of methoxy groups -OCH3 is 1. The fourth-order valence-corrected chi connectivity index (χ4v) is 5.49. The average molecular weight is 545 g/mol. The van der Waals surface area contributed by atoms with E-state index in [9.17, 15) is 22.4 Å². The molecule has 2 atom stereocenters. The van der Waals surface area contributed by atoms with Gasteiger partial charge in [-0.2, -0.15) is 13.2 Å². The number of fused-ring (bicyclic) bond motifs is 2. The largest absolute Gasteiger partial charge is 0.481 e. The Morgan fingerprint density at radius 2 is 1.97 bits per heavy atom. The summed E-state index contributed by atoms with van der Waals surface area (Å²) in [5, 5.41) is 3.13. The van der Waals surface area contributed by atoms with Gasteiger partial charge in [-0.25, -0.2) is 19.3 Å². The summed E-state index contributed by atoms with van der Waals surface area (Å²) in [6, 6.07) is 5.73. The van der Waals surface area contributed by atoms with E-state index >= 15 is 0 Å². The van der Waals surface area contributed by atoms with Crippen LogP contribution in [0.4, 0.5) is 29.1 Å². The number of aromatic nitrogens is 3. The average Bonchev–Trinajstić information content (AvgIpc) is 3.28. The van der Waals surface area contributed by atoms with Crippen molar-refractivity contribution in [2.45, 2.75) is 44.4 Å². The van der Waals surface area contributed by atoms with Crippen molar-refractivity contribution in [2.75, 3.05) is 37.5 Å². The topological polar surface area (TPSA) is 83.5 Å². The van der Waals surface area contributed by atoms with Gasteiger partial charge in [-0.3, -0.25) is 4.79 Å². The van der Waals surface area contributed by atoms with E-state index in [1.165, 1.54) is 19.2 Å². The first-order chi connectivity index (χ1) is 18.4. The second-order valence-corrected chi connectivity index (χ2v) is 10.0. The molecule has 1 spiro atoms. The predicted octanol–water partition coefficient (Wildman–Crippen LogP) is 4.64. The summed E-state index contributed by atoms with van der Waals surface area (Å²) in [7, 11) is 3.42. The molecule has 5 rings (SSSR count). The smallest absolute Gasteiger partial charge is 0.419 e. The number of carbonyl (C=O) groups excluding carboxylic acids is 1. The number of alkyl halides is 3. The molecule has 2 aliphatic rings. The highest BCUT2D eigenvalue weighted by Gasteiger charge is 2.53. The van der Waals surface area contributed by atoms with Gasteiger partial charge in [-0.15, -0.1) is 0 Å². The quantitative estimate of drug-likeness (QED) is 0.469. The Kier molecular flexibility index (Phi) is 6.69. The van der Waals surface area contributed by atoms with Crippen molar-refractivity contribution in [3.05, 3.63) is 70.6 Å². The van der Waals surface area contributed by atoms with Crippen molar-refractivity contribution < 1.29 is 27.1 Å². The summed E-state index contributed by atoms with van der Waals surface area (Å²) >= 11 is 0. The molecular weight excluding hydrogens is 516 g/mol. The lowest BCUT2D eigenvalue weighted by molar-refractivity contribution is -0.140. The lowest BCUT2D eigenvalue weighted by Crippen LogP contribution is -2.53. The number of pyridine rings is 1. The monoisotopic (exact) mass is 544 g/mol. The first kappa shape index (κ1) is 26.8. The highest BCUT2D eigenvalue weighted by atomic mass is 19.4. The Balaban J connectivity index is 1.61. The van der Waals surface area contributed by atoms with Crippen molar-refractivity contribution in [1.29, 1.82) is 0 Å². The molecule has 2 aliphatic heterocycles. The lowest BCUT2D eigenvalue weighted by atomic mass is 9.76. The molecule has 1 fully saturated rings. The highest BCUT2D eigenvalue weighted by Crippen LogP contribution is 2.44. The van der Waals surface area contributed by atoms with Gasteiger partial charge in [0, 0.05) is 29.9 Å². The van der Waals surface area contributed by atoms with Crippen molar-refractivity contribution in [1.82, 2.24) is 19.9 Å². The minimum Gasteiger partial charge on any atom is -0.481 e. The molecule has 1 amide bonds. The lowest BCUT2D eigenvalue weighted by Gasteiger charge is -2.40. The van der Waals surface area contributed by atoms with Crippen molar-refractivity contribution >= 4 is 17.4 Å². The third-order valence-electron chi connectivity index (χ3n) is 7.40. The predicted molar refractivity (Wildman–Crippen MR) is 136 cm³/mol. The molecular formula is C27H28F4N6O2. The van der Waals surface area contributed by atoms with Crippen LogP contribution in [0, 0.1) is 12.7 Å². The van der Waals surface area contributed by atoms with Crippen LogP contribution in [0.5, 0.6) is 5.88 Å². The number of halogens is 4. The number of carbonyl (C=O) groups is 1. The first-order valence-corrected chi connectivity index (χ1v) is 12.5. The minimum atomic E-state index is -4.82. The second-order valence-electron chi connectivity index (χ2n) is 10.0. The number of nitrogens with one attached hydrogen (secondary N) is 1. The van der Waals surface area contributed by atoms with E-state index in [4.69, 9.17) is 9.72 Å². The Labute approximate surface area is 223 Å². The number of likely N-dealkylation sites (N-methyl/N-ethyl adjacent to an activating group) is 1. The number of hydrogen-bond acceptors (Lipinski definition) is 7. The molecule has 1 unspecified atom stereocenters. The summed E-state index contributed by atoms with van der Waals surface area (Å²) in [5.41, 5.74) is -0.631. The van der Waals surface area contributed by atoms with Gasteiger partial charge in [0.25, 0.3) is 0 Å². The van der Waals surface area contributed by atoms with Crippen LogP contribution in [0.25, 0.3) is 0 Å². The molecule has 0 saturated carbocycles. The molecule has 1 N–H and O–H groups in total. The van der Waals surface area contributed by atoms with E-state index < -0.39 is 29.0 Å². The Morgan fingerprint density at radius 1 is 1.21 bits per heavy atom. The summed E-state index contributed by atoms with van der Waals surface area (Å²) in [6.45, 7) is 4.48. The number of likely N-dealkylation sites (tertiary alicyclic amines) is 1. The van der Waals surface area contributed by atoms with E-state index in [1.54, 1.807) is 37.1 Å². The zero-order valence-electron chi connectivity index (χ0n) is 21.9. The SMILES string of the molecule is COc1cc(N2Cc3c(N[C@H](C)c4cccc(C(F)(F)F)c4F)nc(C)nc3C3(CCN(C)C3)C2=O)ccn1. The molecule has 1 aromatic carbocycles. The van der Waals surface area contributed by atoms with Crippen molar-refractivity contribution in [3.63, 3.8) is 0 Å². The van der Waals surface area contributed by atoms with Crippen LogP contribution in [0.2, 0.25) is 0 Å². The zero-order valence-corrected chi connectivity index (χ0v) is 21.9. The van der Waals surface area contributed by atoms with Gasteiger partial charge >= 0.3 is 6.18 Å². The molecule has 8 nitrogen and oxygen atoms in total. The first-order valence-electron chi connectivity index (χ1n) is 12.5. The zero-order chi connectivity index (χ0) is 28.1. The summed E-state index contributed by atoms with van der Waals surface area (Å²) in [6.07, 6.45) is -2.74. The number of ether oxygens (including phenoxy) is 1. The van der Waals surface area contributed by atoms with Gasteiger partial charge in [-0.05, 0) is 46.0 Å². The third kappa shape index (κ3) is 4.66. The Hall–Kier alpha value is -3.80. The Bertz CT molecular complexity index is 1430. The summed E-state index contributed by atoms with van der Waals surface area (Å²) < 4.78 is 60.3. The number of nitrogens with zero attached hydrogens (tertiary/aromatic N) is 5. The van der Waals surface area contributed by atoms with Gasteiger partial charge < -0.3 is 19.9 Å². The molecule has 12 heteroatoms. The van der Waals surface area contributed by atoms with Gasteiger partial charge in [0.1, 0.15) is 22.9 Å². The van der Waals surface area contributed by atoms with E-state index in [1.807, 2.05) is 7.05 Å². The molecule has 39 heavy (non-hydrogen) atoms. The number of anilines is 2. The van der Waals surface area contributed by atoms with Crippen LogP contribution in [0.1, 0.15) is 47.6 Å². The van der Waals surface area contributed by atoms with E-state index in [-0.39, 0.29) is 18.0 Å². The number of amides is 1. The maximum Gasteiger partial charge on any atom is 0.419 e. The number of hydrogen-bond donors (Lipinski definition) is 1. The second kappa shape index (κ2) is 9.74. The van der Waals surface area contributed by atoms with E-state index in [0.29, 0.717) is 54.0 Å². The van der Waals surface area contributed by atoms with Crippen molar-refractivity contribution in [3.8, 4) is 5.88 Å². The summed E-state index contributed by atoms with van der Waals surface area (Å²) in [5.74, 6) is -0.369. The Morgan fingerprint density at radius 3 is 2.64 bits per heavy atom.